The maximum atomic E-state index is 11.8. The van der Waals surface area contributed by atoms with Gasteiger partial charge in [0.25, 0.3) is 5.91 Å². The minimum atomic E-state index is -0.347. The van der Waals surface area contributed by atoms with E-state index >= 15 is 0 Å². The van der Waals surface area contributed by atoms with Crippen LogP contribution in [0.1, 0.15) is 0 Å². The summed E-state index contributed by atoms with van der Waals surface area (Å²) in [5.41, 5.74) is 2.80. The van der Waals surface area contributed by atoms with Crippen molar-refractivity contribution < 1.29 is 14.3 Å². The summed E-state index contributed by atoms with van der Waals surface area (Å²) in [6, 6.07) is -0.347. The Kier molecular flexibility index (Phi) is 3.70. The van der Waals surface area contributed by atoms with Gasteiger partial charge in [0, 0.05) is 19.6 Å². The lowest BCUT2D eigenvalue weighted by Crippen LogP contribution is -2.61. The predicted octanol–water partition coefficient (Wildman–Crippen LogP) is -2.56. The first-order chi connectivity index (χ1) is 7.75. The van der Waals surface area contributed by atoms with Crippen molar-refractivity contribution in [2.24, 2.45) is 0 Å². The second-order valence-corrected chi connectivity index (χ2v) is 3.81. The van der Waals surface area contributed by atoms with Crippen LogP contribution in [0.4, 0.5) is 0 Å². The zero-order valence-corrected chi connectivity index (χ0v) is 8.99. The highest BCUT2D eigenvalue weighted by Gasteiger charge is 2.25. The van der Waals surface area contributed by atoms with Crippen LogP contribution >= 0.6 is 0 Å². The van der Waals surface area contributed by atoms with Crippen molar-refractivity contribution >= 4 is 11.8 Å². The van der Waals surface area contributed by atoms with Crippen molar-refractivity contribution in [3.05, 3.63) is 0 Å². The van der Waals surface area contributed by atoms with E-state index in [1.54, 1.807) is 0 Å². The Balaban J connectivity index is 1.76. The summed E-state index contributed by atoms with van der Waals surface area (Å²) in [5.74, 6) is -0.183. The lowest BCUT2D eigenvalue weighted by Gasteiger charge is -2.30. The summed E-state index contributed by atoms with van der Waals surface area (Å²) in [6.45, 7) is 3.20. The van der Waals surface area contributed by atoms with Crippen LogP contribution in [-0.4, -0.2) is 62.3 Å². The molecule has 0 radical (unpaired) electrons. The molecule has 1 unspecified atom stereocenters. The molecule has 2 heterocycles. The van der Waals surface area contributed by atoms with E-state index in [-0.39, 0.29) is 24.4 Å². The summed E-state index contributed by atoms with van der Waals surface area (Å²) >= 11 is 0. The number of ether oxygens (including phenoxy) is 1. The fourth-order valence-electron chi connectivity index (χ4n) is 1.66. The lowest BCUT2D eigenvalue weighted by atomic mass is 10.2. The average molecular weight is 228 g/mol. The molecule has 2 amide bonds. The number of nitrogens with zero attached hydrogens (tertiary/aromatic N) is 1. The largest absolute Gasteiger partial charge is 0.379 e. The molecule has 3 N–H and O–H groups in total. The van der Waals surface area contributed by atoms with Gasteiger partial charge >= 0.3 is 0 Å². The highest BCUT2D eigenvalue weighted by atomic mass is 16.5. The fourth-order valence-corrected chi connectivity index (χ4v) is 1.66. The molecule has 2 rings (SSSR count). The Morgan fingerprint density at radius 2 is 2.19 bits per heavy atom. The lowest BCUT2D eigenvalue weighted by molar-refractivity contribution is -0.131. The molecular formula is C9H16N4O3. The summed E-state index contributed by atoms with van der Waals surface area (Å²) < 4.78 is 5.18. The summed E-state index contributed by atoms with van der Waals surface area (Å²) in [6.07, 6.45) is 0. The number of carbonyl (C=O) groups is 2. The topological polar surface area (TPSA) is 82.7 Å². The number of hydrazine groups is 1. The van der Waals surface area contributed by atoms with Crippen LogP contribution < -0.4 is 16.1 Å². The molecule has 2 saturated heterocycles. The molecule has 2 aliphatic rings. The Bertz CT molecular complexity index is 268. The molecule has 0 bridgehead atoms. The molecule has 0 aromatic heterocycles. The van der Waals surface area contributed by atoms with Crippen LogP contribution in [-0.2, 0) is 14.3 Å². The van der Waals surface area contributed by atoms with Gasteiger partial charge in [0.1, 0.15) is 6.04 Å². The number of morpholine rings is 1. The molecule has 0 spiro atoms. The molecule has 1 atom stereocenters. The van der Waals surface area contributed by atoms with Crippen molar-refractivity contribution in [3.8, 4) is 0 Å². The number of amides is 2. The van der Waals surface area contributed by atoms with Crippen LogP contribution in [0, 0.1) is 0 Å². The van der Waals surface area contributed by atoms with Crippen LogP contribution in [0.5, 0.6) is 0 Å². The fraction of sp³-hybridized carbons (Fsp3) is 0.778. The summed E-state index contributed by atoms with van der Waals surface area (Å²) in [7, 11) is 0. The molecular weight excluding hydrogens is 212 g/mol. The third kappa shape index (κ3) is 2.91. The zero-order valence-electron chi connectivity index (χ0n) is 8.99. The number of nitrogens with one attached hydrogen (secondary N) is 3. The van der Waals surface area contributed by atoms with E-state index in [1.807, 2.05) is 5.01 Å². The van der Waals surface area contributed by atoms with Crippen molar-refractivity contribution in [3.63, 3.8) is 0 Å². The molecule has 0 aromatic carbocycles. The van der Waals surface area contributed by atoms with E-state index in [0.29, 0.717) is 32.8 Å². The molecule has 7 nitrogen and oxygen atoms in total. The van der Waals surface area contributed by atoms with Crippen LogP contribution in [0.25, 0.3) is 0 Å². The molecule has 16 heavy (non-hydrogen) atoms. The molecule has 2 aliphatic heterocycles. The Hall–Kier alpha value is -1.18. The van der Waals surface area contributed by atoms with Gasteiger partial charge in [-0.25, -0.2) is 5.01 Å². The molecule has 0 aromatic rings. The van der Waals surface area contributed by atoms with E-state index in [4.69, 9.17) is 4.74 Å². The first-order valence-electron chi connectivity index (χ1n) is 5.39. The van der Waals surface area contributed by atoms with Crippen LogP contribution in [0.2, 0.25) is 0 Å². The van der Waals surface area contributed by atoms with Crippen LogP contribution in [0.3, 0.4) is 0 Å². The normalized spacial score (nSPS) is 27.2. The number of hydrogen-bond donors (Lipinski definition) is 3. The smallest absolute Gasteiger partial charge is 0.253 e. The zero-order chi connectivity index (χ0) is 11.4. The summed E-state index contributed by atoms with van der Waals surface area (Å²) in [5, 5.41) is 7.36. The van der Waals surface area contributed by atoms with Gasteiger partial charge in [0.2, 0.25) is 5.91 Å². The molecule has 0 aliphatic carbocycles. The number of carbonyl (C=O) groups excluding carboxylic acids is 2. The first-order valence-corrected chi connectivity index (χ1v) is 5.39. The maximum Gasteiger partial charge on any atom is 0.253 e. The molecule has 2 fully saturated rings. The second-order valence-electron chi connectivity index (χ2n) is 3.81. The predicted molar refractivity (Wildman–Crippen MR) is 55.3 cm³/mol. The average Bonchev–Trinajstić information content (AvgIpc) is 2.31. The number of rotatable bonds is 2. The monoisotopic (exact) mass is 228 g/mol. The van der Waals surface area contributed by atoms with Gasteiger partial charge in [-0.2, -0.15) is 0 Å². The molecule has 90 valence electrons. The van der Waals surface area contributed by atoms with Gasteiger partial charge in [0.15, 0.2) is 0 Å². The number of hydrogen-bond acceptors (Lipinski definition) is 5. The SMILES string of the molecule is O=C1CNC(C(=O)NN2CCOCC2)CN1. The van der Waals surface area contributed by atoms with E-state index in [1.165, 1.54) is 0 Å². The standard InChI is InChI=1S/C9H16N4O3/c14-8-6-10-7(5-11-8)9(15)12-13-1-3-16-4-2-13/h7,10H,1-6H2,(H,11,14)(H,12,15). The van der Waals surface area contributed by atoms with E-state index in [2.05, 4.69) is 16.1 Å². The van der Waals surface area contributed by atoms with Gasteiger partial charge in [-0.15, -0.1) is 0 Å². The maximum absolute atomic E-state index is 11.8. The van der Waals surface area contributed by atoms with Gasteiger partial charge in [0.05, 0.1) is 19.8 Å². The third-order valence-electron chi connectivity index (χ3n) is 2.61. The van der Waals surface area contributed by atoms with Crippen molar-refractivity contribution in [1.29, 1.82) is 0 Å². The summed E-state index contributed by atoms with van der Waals surface area (Å²) in [4.78, 5) is 22.7. The molecule has 0 saturated carbocycles. The second kappa shape index (κ2) is 5.24. The first kappa shape index (κ1) is 11.3. The highest BCUT2D eigenvalue weighted by Crippen LogP contribution is 1.94. The van der Waals surface area contributed by atoms with E-state index in [0.717, 1.165) is 0 Å². The van der Waals surface area contributed by atoms with E-state index in [9.17, 15) is 9.59 Å². The van der Waals surface area contributed by atoms with Gasteiger partial charge in [-0.1, -0.05) is 0 Å². The molecule has 7 heteroatoms. The quantitative estimate of drug-likeness (QED) is 0.484. The van der Waals surface area contributed by atoms with E-state index < -0.39 is 0 Å². The van der Waals surface area contributed by atoms with Gasteiger partial charge in [-0.05, 0) is 0 Å². The number of piperazine rings is 1. The third-order valence-corrected chi connectivity index (χ3v) is 2.61. The van der Waals surface area contributed by atoms with Crippen molar-refractivity contribution in [2.75, 3.05) is 39.4 Å². The van der Waals surface area contributed by atoms with Crippen molar-refractivity contribution in [1.82, 2.24) is 21.1 Å². The minimum Gasteiger partial charge on any atom is -0.379 e. The van der Waals surface area contributed by atoms with Gasteiger partial charge in [-0.3, -0.25) is 20.3 Å². The highest BCUT2D eigenvalue weighted by molar-refractivity contribution is 5.86. The Morgan fingerprint density at radius 3 is 2.81 bits per heavy atom. The Labute approximate surface area is 93.5 Å². The van der Waals surface area contributed by atoms with Crippen molar-refractivity contribution in [2.45, 2.75) is 6.04 Å². The minimum absolute atomic E-state index is 0.0737. The Morgan fingerprint density at radius 1 is 1.44 bits per heavy atom. The van der Waals surface area contributed by atoms with Gasteiger partial charge < -0.3 is 10.1 Å². The van der Waals surface area contributed by atoms with Crippen LogP contribution in [0.15, 0.2) is 0 Å².